The van der Waals surface area contributed by atoms with Crippen molar-refractivity contribution < 1.29 is 0 Å². The molecule has 0 N–H and O–H groups in total. The van der Waals surface area contributed by atoms with Crippen molar-refractivity contribution in [2.45, 2.75) is 19.8 Å². The summed E-state index contributed by atoms with van der Waals surface area (Å²) in [5.74, 6) is 0.747. The molecule has 0 aliphatic heterocycles. The summed E-state index contributed by atoms with van der Waals surface area (Å²) >= 11 is 0. The van der Waals surface area contributed by atoms with Gasteiger partial charge in [0.1, 0.15) is 0 Å². The van der Waals surface area contributed by atoms with Crippen molar-refractivity contribution in [1.82, 2.24) is 9.97 Å². The molecule has 2 nitrogen and oxygen atoms in total. The van der Waals surface area contributed by atoms with Crippen molar-refractivity contribution in [2.75, 3.05) is 0 Å². The van der Waals surface area contributed by atoms with Crippen molar-refractivity contribution >= 4 is 16.3 Å². The monoisotopic (exact) mass is 526 g/mol. The van der Waals surface area contributed by atoms with Gasteiger partial charge in [0.05, 0.1) is 11.4 Å². The first-order valence-electron chi connectivity index (χ1n) is 14.2. The topological polar surface area (TPSA) is 25.8 Å². The maximum atomic E-state index is 5.06. The van der Waals surface area contributed by atoms with Crippen molar-refractivity contribution in [1.29, 1.82) is 0 Å². The first kappa shape index (κ1) is 24.9. The second-order valence-electron chi connectivity index (χ2n) is 10.6. The maximum absolute atomic E-state index is 5.06. The summed E-state index contributed by atoms with van der Waals surface area (Å²) in [4.78, 5) is 10.1. The van der Waals surface area contributed by atoms with E-state index in [9.17, 15) is 0 Å². The summed E-state index contributed by atoms with van der Waals surface area (Å²) < 4.78 is 0. The first-order valence-corrected chi connectivity index (χ1v) is 14.2. The molecular weight excluding hydrogens is 496 g/mol. The Morgan fingerprint density at radius 2 is 1.27 bits per heavy atom. The molecule has 0 spiro atoms. The van der Waals surface area contributed by atoms with Gasteiger partial charge in [-0.25, -0.2) is 9.97 Å². The van der Waals surface area contributed by atoms with E-state index in [0.717, 1.165) is 46.8 Å². The van der Waals surface area contributed by atoms with Gasteiger partial charge in [0.15, 0.2) is 5.82 Å². The molecule has 5 aromatic carbocycles. The minimum absolute atomic E-state index is 0.747. The van der Waals surface area contributed by atoms with Gasteiger partial charge in [0, 0.05) is 11.1 Å². The van der Waals surface area contributed by atoms with Crippen LogP contribution in [0.3, 0.4) is 0 Å². The molecule has 0 radical (unpaired) electrons. The van der Waals surface area contributed by atoms with Crippen molar-refractivity contribution in [3.63, 3.8) is 0 Å². The van der Waals surface area contributed by atoms with E-state index in [0.29, 0.717) is 0 Å². The van der Waals surface area contributed by atoms with Gasteiger partial charge in [-0.15, -0.1) is 0 Å². The summed E-state index contributed by atoms with van der Waals surface area (Å²) in [6.07, 6.45) is 8.81. The van der Waals surface area contributed by atoms with E-state index in [2.05, 4.69) is 146 Å². The van der Waals surface area contributed by atoms with E-state index in [4.69, 9.17) is 9.97 Å². The Labute approximate surface area is 241 Å². The molecule has 0 saturated heterocycles. The van der Waals surface area contributed by atoms with E-state index < -0.39 is 0 Å². The fourth-order valence-electron chi connectivity index (χ4n) is 5.66. The number of benzene rings is 5. The smallest absolute Gasteiger partial charge is 0.160 e. The number of hydrogen-bond acceptors (Lipinski definition) is 2. The molecule has 1 aliphatic rings. The van der Waals surface area contributed by atoms with Gasteiger partial charge in [-0.3, -0.25) is 0 Å². The predicted molar refractivity (Wildman–Crippen MR) is 172 cm³/mol. The molecule has 0 amide bonds. The van der Waals surface area contributed by atoms with Crippen LogP contribution in [0.2, 0.25) is 0 Å². The number of fused-ring (bicyclic) bond motifs is 1. The largest absolute Gasteiger partial charge is 0.228 e. The second-order valence-corrected chi connectivity index (χ2v) is 10.6. The number of allylic oxidation sites excluding steroid dienone is 4. The average Bonchev–Trinajstić information content (AvgIpc) is 3.05. The van der Waals surface area contributed by atoms with Crippen LogP contribution >= 0.6 is 0 Å². The Morgan fingerprint density at radius 3 is 2.07 bits per heavy atom. The third kappa shape index (κ3) is 5.01. The maximum Gasteiger partial charge on any atom is 0.160 e. The van der Waals surface area contributed by atoms with E-state index >= 15 is 0 Å². The standard InChI is InChI=1S/C39H30N2/c1-27-11-8-9-17-34(27)38-26-37(31-14-6-3-7-15-31)40-39(41-38)32-22-19-30(20-23-32)35-18-10-16-29-21-24-33(25-36(29)35)28-12-4-2-5-13-28/h2,4-6,8-26H,3,7H2,1H3. The van der Waals surface area contributed by atoms with Crippen LogP contribution in [0.1, 0.15) is 24.1 Å². The highest BCUT2D eigenvalue weighted by atomic mass is 14.9. The Hall–Kier alpha value is -5.08. The summed E-state index contributed by atoms with van der Waals surface area (Å²) in [5.41, 5.74) is 11.3. The molecule has 1 aromatic heterocycles. The summed E-state index contributed by atoms with van der Waals surface area (Å²) in [7, 11) is 0. The highest BCUT2D eigenvalue weighted by Crippen LogP contribution is 2.34. The van der Waals surface area contributed by atoms with Gasteiger partial charge in [-0.2, -0.15) is 0 Å². The molecule has 2 heteroatoms. The van der Waals surface area contributed by atoms with Crippen molar-refractivity contribution in [2.24, 2.45) is 0 Å². The lowest BCUT2D eigenvalue weighted by molar-refractivity contribution is 1.03. The first-order chi connectivity index (χ1) is 20.2. The number of aromatic nitrogens is 2. The molecule has 196 valence electrons. The van der Waals surface area contributed by atoms with Crippen LogP contribution in [0, 0.1) is 6.92 Å². The van der Waals surface area contributed by atoms with Crippen LogP contribution in [0.5, 0.6) is 0 Å². The molecule has 1 heterocycles. The fraction of sp³-hybridized carbons (Fsp3) is 0.0769. The zero-order valence-corrected chi connectivity index (χ0v) is 23.1. The number of rotatable bonds is 5. The summed E-state index contributed by atoms with van der Waals surface area (Å²) in [5, 5.41) is 2.48. The summed E-state index contributed by atoms with van der Waals surface area (Å²) in [6.45, 7) is 2.14. The molecule has 0 bridgehead atoms. The highest BCUT2D eigenvalue weighted by molar-refractivity contribution is 5.99. The van der Waals surface area contributed by atoms with Gasteiger partial charge < -0.3 is 0 Å². The van der Waals surface area contributed by atoms with Crippen LogP contribution < -0.4 is 0 Å². The van der Waals surface area contributed by atoms with Crippen LogP contribution in [0.15, 0.2) is 140 Å². The number of nitrogens with zero attached hydrogens (tertiary/aromatic N) is 2. The molecule has 1 aliphatic carbocycles. The van der Waals surface area contributed by atoms with E-state index in [1.807, 2.05) is 0 Å². The third-order valence-electron chi connectivity index (χ3n) is 7.88. The van der Waals surface area contributed by atoms with Crippen LogP contribution in [-0.4, -0.2) is 9.97 Å². The minimum Gasteiger partial charge on any atom is -0.228 e. The SMILES string of the molecule is Cc1ccccc1-c1cc(C2=CCCC=C2)nc(-c2ccc(-c3cccc4ccc(-c5ccccc5)cc34)cc2)n1. The van der Waals surface area contributed by atoms with Gasteiger partial charge in [-0.05, 0) is 76.1 Å². The molecule has 0 saturated carbocycles. The van der Waals surface area contributed by atoms with Gasteiger partial charge in [0.2, 0.25) is 0 Å². The summed E-state index contributed by atoms with van der Waals surface area (Å²) in [6, 6.07) is 43.1. The molecular formula is C39H30N2. The molecule has 6 aromatic rings. The average molecular weight is 527 g/mol. The Balaban J connectivity index is 1.30. The lowest BCUT2D eigenvalue weighted by Crippen LogP contribution is -1.99. The Bertz CT molecular complexity index is 1930. The highest BCUT2D eigenvalue weighted by Gasteiger charge is 2.14. The number of aryl methyl sites for hydroxylation is 1. The van der Waals surface area contributed by atoms with Crippen LogP contribution in [-0.2, 0) is 0 Å². The van der Waals surface area contributed by atoms with E-state index in [1.165, 1.54) is 38.6 Å². The van der Waals surface area contributed by atoms with E-state index in [-0.39, 0.29) is 0 Å². The number of hydrogen-bond donors (Lipinski definition) is 0. The van der Waals surface area contributed by atoms with Gasteiger partial charge >= 0.3 is 0 Å². The van der Waals surface area contributed by atoms with Gasteiger partial charge in [-0.1, -0.05) is 127 Å². The lowest BCUT2D eigenvalue weighted by atomic mass is 9.94. The van der Waals surface area contributed by atoms with Crippen molar-refractivity contribution in [3.05, 3.63) is 151 Å². The van der Waals surface area contributed by atoms with Crippen LogP contribution in [0.4, 0.5) is 0 Å². The molecule has 41 heavy (non-hydrogen) atoms. The molecule has 0 fully saturated rings. The zero-order chi connectivity index (χ0) is 27.6. The fourth-order valence-corrected chi connectivity index (χ4v) is 5.66. The zero-order valence-electron chi connectivity index (χ0n) is 23.1. The quantitative estimate of drug-likeness (QED) is 0.223. The third-order valence-corrected chi connectivity index (χ3v) is 7.88. The lowest BCUT2D eigenvalue weighted by Gasteiger charge is -2.13. The molecule has 7 rings (SSSR count). The Morgan fingerprint density at radius 1 is 0.537 bits per heavy atom. The minimum atomic E-state index is 0.747. The van der Waals surface area contributed by atoms with Crippen LogP contribution in [0.25, 0.3) is 61.2 Å². The van der Waals surface area contributed by atoms with E-state index in [1.54, 1.807) is 0 Å². The predicted octanol–water partition coefficient (Wildman–Crippen LogP) is 10.3. The second kappa shape index (κ2) is 10.8. The Kier molecular flexibility index (Phi) is 6.58. The van der Waals surface area contributed by atoms with Crippen molar-refractivity contribution in [3.8, 4) is 44.9 Å². The molecule has 0 atom stereocenters. The van der Waals surface area contributed by atoms with Gasteiger partial charge in [0.25, 0.3) is 0 Å². The normalized spacial score (nSPS) is 12.9. The molecule has 0 unspecified atom stereocenters.